The molecule has 5 rings (SSSR count). The number of carbonyl (C=O) groups excluding carboxylic acids is 1. The Labute approximate surface area is 190 Å². The van der Waals surface area contributed by atoms with E-state index >= 15 is 0 Å². The largest absolute Gasteiger partial charge is 0.346 e. The molecule has 1 aromatic heterocycles. The van der Waals surface area contributed by atoms with E-state index in [2.05, 4.69) is 25.7 Å². The Morgan fingerprint density at radius 2 is 1.84 bits per heavy atom. The van der Waals surface area contributed by atoms with Crippen LogP contribution in [0.25, 0.3) is 0 Å². The van der Waals surface area contributed by atoms with E-state index in [1.54, 1.807) is 30.3 Å². The lowest BCUT2D eigenvalue weighted by Crippen LogP contribution is -2.17. The van der Waals surface area contributed by atoms with Gasteiger partial charge in [-0.3, -0.25) is 9.80 Å². The van der Waals surface area contributed by atoms with Crippen LogP contribution in [0.5, 0.6) is 0 Å². The molecule has 162 valence electrons. The van der Waals surface area contributed by atoms with Gasteiger partial charge in [0.05, 0.1) is 5.71 Å². The zero-order valence-corrected chi connectivity index (χ0v) is 18.1. The Bertz CT molecular complexity index is 1240. The normalized spacial score (nSPS) is 18.4. The number of hydrogen-bond donors (Lipinski definition) is 2. The zero-order chi connectivity index (χ0) is 22.4. The van der Waals surface area contributed by atoms with Crippen molar-refractivity contribution in [3.63, 3.8) is 0 Å². The fraction of sp³-hybridized carbons (Fsp3) is 0.143. The van der Waals surface area contributed by atoms with Crippen LogP contribution in [0.15, 0.2) is 63.7 Å². The third-order valence-corrected chi connectivity index (χ3v) is 6.03. The minimum Gasteiger partial charge on any atom is -0.346 e. The Hall–Kier alpha value is -3.24. The van der Waals surface area contributed by atoms with Crippen LogP contribution >= 0.6 is 23.4 Å². The van der Waals surface area contributed by atoms with Crippen molar-refractivity contribution in [2.75, 3.05) is 10.6 Å². The molecule has 1 fully saturated rings. The summed E-state index contributed by atoms with van der Waals surface area (Å²) in [4.78, 5) is 21.7. The number of benzene rings is 2. The molecule has 0 bridgehead atoms. The topological polar surface area (TPSA) is 82.3 Å². The van der Waals surface area contributed by atoms with Crippen molar-refractivity contribution in [3.05, 3.63) is 70.9 Å². The molecule has 2 N–H and O–H groups in total. The van der Waals surface area contributed by atoms with Crippen molar-refractivity contribution < 1.29 is 13.6 Å². The van der Waals surface area contributed by atoms with Crippen LogP contribution in [0, 0.1) is 11.6 Å². The van der Waals surface area contributed by atoms with E-state index in [0.29, 0.717) is 27.9 Å². The number of nitrogens with zero attached hydrogens (tertiary/aromatic N) is 4. The molecule has 1 amide bonds. The fourth-order valence-corrected chi connectivity index (χ4v) is 4.39. The van der Waals surface area contributed by atoms with Crippen LogP contribution in [0.2, 0.25) is 5.15 Å². The Kier molecular flexibility index (Phi) is 5.18. The highest BCUT2D eigenvalue weighted by Gasteiger charge is 2.56. The predicted molar refractivity (Wildman–Crippen MR) is 118 cm³/mol. The first-order chi connectivity index (χ1) is 15.4. The molecule has 3 aromatic rings. The summed E-state index contributed by atoms with van der Waals surface area (Å²) >= 11 is 7.44. The summed E-state index contributed by atoms with van der Waals surface area (Å²) in [5.41, 5.74) is 0.853. The van der Waals surface area contributed by atoms with E-state index in [9.17, 15) is 13.6 Å². The number of hydrazone groups is 1. The van der Waals surface area contributed by atoms with Gasteiger partial charge in [-0.05, 0) is 55.1 Å². The second-order valence-corrected chi connectivity index (χ2v) is 8.62. The van der Waals surface area contributed by atoms with Gasteiger partial charge in [0.1, 0.15) is 40.4 Å². The molecular formula is C21H15ClF2N6OS. The summed E-state index contributed by atoms with van der Waals surface area (Å²) in [7, 11) is 0. The Morgan fingerprint density at radius 3 is 2.47 bits per heavy atom. The number of nitrogens with one attached hydrogen (secondary N) is 2. The maximum atomic E-state index is 13.8. The molecule has 0 radical (unpaired) electrons. The number of rotatable bonds is 6. The first-order valence-corrected chi connectivity index (χ1v) is 10.8. The SMILES string of the molecule is CC1=NN2C(Nc3cc(Cl)nc(Sc4ccc(NC(=O)c5c(F)cccc5F)cc4)n3)C12. The highest BCUT2D eigenvalue weighted by atomic mass is 35.5. The van der Waals surface area contributed by atoms with Crippen LogP contribution in [0.4, 0.5) is 20.3 Å². The second-order valence-electron chi connectivity index (χ2n) is 7.19. The molecule has 0 spiro atoms. The van der Waals surface area contributed by atoms with Gasteiger partial charge in [0.25, 0.3) is 5.91 Å². The lowest BCUT2D eigenvalue weighted by Gasteiger charge is -2.09. The summed E-state index contributed by atoms with van der Waals surface area (Å²) in [5.74, 6) is -2.10. The van der Waals surface area contributed by atoms with E-state index in [1.165, 1.54) is 17.8 Å². The molecule has 32 heavy (non-hydrogen) atoms. The molecule has 2 unspecified atom stereocenters. The number of halogens is 3. The zero-order valence-electron chi connectivity index (χ0n) is 16.5. The highest BCUT2D eigenvalue weighted by Crippen LogP contribution is 2.38. The van der Waals surface area contributed by atoms with Crippen molar-refractivity contribution in [1.82, 2.24) is 15.0 Å². The molecule has 2 aromatic carbocycles. The highest BCUT2D eigenvalue weighted by molar-refractivity contribution is 7.99. The molecule has 1 saturated heterocycles. The van der Waals surface area contributed by atoms with Crippen LogP contribution in [0.3, 0.4) is 0 Å². The summed E-state index contributed by atoms with van der Waals surface area (Å²) in [6.07, 6.45) is 0.0981. The van der Waals surface area contributed by atoms with Crippen molar-refractivity contribution in [1.29, 1.82) is 0 Å². The van der Waals surface area contributed by atoms with Crippen LogP contribution in [-0.2, 0) is 0 Å². The van der Waals surface area contributed by atoms with E-state index in [-0.39, 0.29) is 6.17 Å². The van der Waals surface area contributed by atoms with E-state index < -0.39 is 23.1 Å². The summed E-state index contributed by atoms with van der Waals surface area (Å²) in [6, 6.07) is 12.0. The van der Waals surface area contributed by atoms with E-state index in [1.807, 2.05) is 11.9 Å². The standard InChI is InChI=1S/C21H15ClF2N6OS/c1-10-18-19(30(18)29-10)27-16-9-15(22)26-21(28-16)32-12-7-5-11(6-8-12)25-20(31)17-13(23)3-2-4-14(17)24/h2-9,18-19H,1H3,(H,25,31)(H,26,27,28). The summed E-state index contributed by atoms with van der Waals surface area (Å²) in [5, 5.41) is 12.8. The maximum Gasteiger partial charge on any atom is 0.261 e. The molecular weight excluding hydrogens is 458 g/mol. The van der Waals surface area contributed by atoms with E-state index in [4.69, 9.17) is 11.6 Å². The number of hydrogen-bond acceptors (Lipinski definition) is 7. The van der Waals surface area contributed by atoms with Gasteiger partial charge < -0.3 is 10.6 Å². The van der Waals surface area contributed by atoms with Gasteiger partial charge in [-0.15, -0.1) is 0 Å². The molecule has 0 saturated carbocycles. The lowest BCUT2D eigenvalue weighted by atomic mass is 10.2. The average Bonchev–Trinajstić information content (AvgIpc) is 3.31. The lowest BCUT2D eigenvalue weighted by molar-refractivity contribution is 0.101. The van der Waals surface area contributed by atoms with Crippen molar-refractivity contribution >= 4 is 46.5 Å². The molecule has 3 heterocycles. The third-order valence-electron chi connectivity index (χ3n) is 4.96. The van der Waals surface area contributed by atoms with Crippen molar-refractivity contribution in [2.24, 2.45) is 5.10 Å². The third kappa shape index (κ3) is 3.98. The first-order valence-electron chi connectivity index (χ1n) is 9.57. The number of aromatic nitrogens is 2. The van der Waals surface area contributed by atoms with Gasteiger partial charge in [-0.25, -0.2) is 18.7 Å². The number of carbonyl (C=O) groups is 1. The van der Waals surface area contributed by atoms with E-state index in [0.717, 1.165) is 22.7 Å². The second kappa shape index (κ2) is 8.03. The molecule has 2 atom stereocenters. The van der Waals surface area contributed by atoms with Gasteiger partial charge in [-0.1, -0.05) is 17.7 Å². The summed E-state index contributed by atoms with van der Waals surface area (Å²) < 4.78 is 27.6. The number of anilines is 2. The van der Waals surface area contributed by atoms with Crippen molar-refractivity contribution in [2.45, 2.75) is 29.2 Å². The Balaban J connectivity index is 1.24. The van der Waals surface area contributed by atoms with Crippen LogP contribution in [0.1, 0.15) is 17.3 Å². The van der Waals surface area contributed by atoms with Gasteiger partial charge in [-0.2, -0.15) is 5.10 Å². The smallest absolute Gasteiger partial charge is 0.261 e. The van der Waals surface area contributed by atoms with Gasteiger partial charge in [0.2, 0.25) is 0 Å². The van der Waals surface area contributed by atoms with Crippen LogP contribution in [-0.4, -0.2) is 38.8 Å². The number of fused-ring (bicyclic) bond motifs is 1. The molecule has 0 aliphatic carbocycles. The molecule has 2 aliphatic rings. The molecule has 7 nitrogen and oxygen atoms in total. The quantitative estimate of drug-likeness (QED) is 0.309. The number of amides is 1. The maximum absolute atomic E-state index is 13.8. The monoisotopic (exact) mass is 472 g/mol. The Morgan fingerprint density at radius 1 is 1.12 bits per heavy atom. The van der Waals surface area contributed by atoms with Crippen molar-refractivity contribution in [3.8, 4) is 0 Å². The predicted octanol–water partition coefficient (Wildman–Crippen LogP) is 4.62. The average molecular weight is 473 g/mol. The van der Waals surface area contributed by atoms with Gasteiger partial charge in [0, 0.05) is 16.6 Å². The minimum atomic E-state index is -0.921. The van der Waals surface area contributed by atoms with Gasteiger partial charge >= 0.3 is 0 Å². The van der Waals surface area contributed by atoms with Gasteiger partial charge in [0.15, 0.2) is 5.16 Å². The molecule has 2 aliphatic heterocycles. The first kappa shape index (κ1) is 20.7. The molecule has 11 heteroatoms. The fourth-order valence-electron chi connectivity index (χ4n) is 3.38. The van der Waals surface area contributed by atoms with Crippen LogP contribution < -0.4 is 10.6 Å². The summed E-state index contributed by atoms with van der Waals surface area (Å²) in [6.45, 7) is 1.98. The minimum absolute atomic E-state index is 0.0981.